The molecule has 0 spiro atoms. The molecular formula is C13H7Cl2N. The number of nitriles is 1. The summed E-state index contributed by atoms with van der Waals surface area (Å²) in [5, 5.41) is 9.74. The SMILES string of the molecule is N#Cc1c(Cl)ccc(-c2ccccc2)c1Cl. The minimum absolute atomic E-state index is 0.324. The predicted molar refractivity (Wildman–Crippen MR) is 66.6 cm³/mol. The van der Waals surface area contributed by atoms with Gasteiger partial charge >= 0.3 is 0 Å². The molecule has 0 aliphatic rings. The highest BCUT2D eigenvalue weighted by Gasteiger charge is 2.11. The average molecular weight is 248 g/mol. The van der Waals surface area contributed by atoms with Gasteiger partial charge in [-0.15, -0.1) is 0 Å². The zero-order valence-electron chi connectivity index (χ0n) is 8.24. The Morgan fingerprint density at radius 3 is 2.25 bits per heavy atom. The van der Waals surface area contributed by atoms with Crippen molar-refractivity contribution in [2.75, 3.05) is 0 Å². The van der Waals surface area contributed by atoms with Crippen LogP contribution in [0.2, 0.25) is 10.0 Å². The van der Waals surface area contributed by atoms with Crippen molar-refractivity contribution in [1.82, 2.24) is 0 Å². The van der Waals surface area contributed by atoms with E-state index in [1.54, 1.807) is 6.07 Å². The lowest BCUT2D eigenvalue weighted by molar-refractivity contribution is 1.48. The Labute approximate surface area is 104 Å². The molecule has 0 bridgehead atoms. The summed E-state index contributed by atoms with van der Waals surface area (Å²) in [4.78, 5) is 0. The summed E-state index contributed by atoms with van der Waals surface area (Å²) >= 11 is 12.0. The molecule has 0 saturated carbocycles. The minimum atomic E-state index is 0.324. The summed E-state index contributed by atoms with van der Waals surface area (Å²) in [5.74, 6) is 0. The molecule has 1 nitrogen and oxygen atoms in total. The molecule has 0 atom stereocenters. The largest absolute Gasteiger partial charge is 0.192 e. The molecule has 78 valence electrons. The van der Waals surface area contributed by atoms with E-state index >= 15 is 0 Å². The Balaban J connectivity index is 2.65. The van der Waals surface area contributed by atoms with Crippen LogP contribution in [0.3, 0.4) is 0 Å². The fraction of sp³-hybridized carbons (Fsp3) is 0. The zero-order valence-corrected chi connectivity index (χ0v) is 9.76. The van der Waals surface area contributed by atoms with E-state index < -0.39 is 0 Å². The van der Waals surface area contributed by atoms with E-state index in [1.165, 1.54) is 0 Å². The summed E-state index contributed by atoms with van der Waals surface area (Å²) in [6.45, 7) is 0. The van der Waals surface area contributed by atoms with Crippen LogP contribution >= 0.6 is 23.2 Å². The number of hydrogen-bond donors (Lipinski definition) is 0. The Bertz CT molecular complexity index is 556. The first-order valence-corrected chi connectivity index (χ1v) is 5.43. The van der Waals surface area contributed by atoms with Crippen molar-refractivity contribution in [3.8, 4) is 17.2 Å². The molecule has 0 aliphatic carbocycles. The lowest BCUT2D eigenvalue weighted by Crippen LogP contribution is -1.85. The lowest BCUT2D eigenvalue weighted by atomic mass is 10.0. The second kappa shape index (κ2) is 4.57. The van der Waals surface area contributed by atoms with Crippen LogP contribution in [0, 0.1) is 11.3 Å². The number of halogens is 2. The van der Waals surface area contributed by atoms with Crippen molar-refractivity contribution in [1.29, 1.82) is 5.26 Å². The van der Waals surface area contributed by atoms with Crippen molar-refractivity contribution in [2.24, 2.45) is 0 Å². The molecule has 0 aliphatic heterocycles. The van der Waals surface area contributed by atoms with Crippen LogP contribution in [0.5, 0.6) is 0 Å². The van der Waals surface area contributed by atoms with Crippen LogP contribution in [-0.2, 0) is 0 Å². The molecule has 2 aromatic carbocycles. The van der Waals surface area contributed by atoms with E-state index in [-0.39, 0.29) is 0 Å². The van der Waals surface area contributed by atoms with Crippen LogP contribution in [0.15, 0.2) is 42.5 Å². The Hall–Kier alpha value is -1.49. The van der Waals surface area contributed by atoms with Crippen molar-refractivity contribution >= 4 is 23.2 Å². The van der Waals surface area contributed by atoms with Gasteiger partial charge in [-0.3, -0.25) is 0 Å². The quantitative estimate of drug-likeness (QED) is 0.727. The topological polar surface area (TPSA) is 23.8 Å². The van der Waals surface area contributed by atoms with Crippen LogP contribution in [-0.4, -0.2) is 0 Å². The molecule has 2 rings (SSSR count). The highest BCUT2D eigenvalue weighted by atomic mass is 35.5. The summed E-state index contributed by atoms with van der Waals surface area (Å²) < 4.78 is 0. The van der Waals surface area contributed by atoms with Gasteiger partial charge in [0, 0.05) is 5.56 Å². The summed E-state index contributed by atoms with van der Waals surface area (Å²) in [5.41, 5.74) is 2.12. The number of rotatable bonds is 1. The maximum absolute atomic E-state index is 8.95. The third-order valence-electron chi connectivity index (χ3n) is 2.29. The molecule has 0 amide bonds. The highest BCUT2D eigenvalue weighted by molar-refractivity contribution is 6.38. The van der Waals surface area contributed by atoms with E-state index in [0.717, 1.165) is 11.1 Å². The van der Waals surface area contributed by atoms with Gasteiger partial charge in [0.05, 0.1) is 15.6 Å². The zero-order chi connectivity index (χ0) is 11.5. The average Bonchev–Trinajstić information content (AvgIpc) is 2.31. The van der Waals surface area contributed by atoms with E-state index in [9.17, 15) is 0 Å². The van der Waals surface area contributed by atoms with Crippen LogP contribution in [0.25, 0.3) is 11.1 Å². The van der Waals surface area contributed by atoms with Crippen LogP contribution < -0.4 is 0 Å². The smallest absolute Gasteiger partial charge is 0.102 e. The van der Waals surface area contributed by atoms with E-state index in [4.69, 9.17) is 28.5 Å². The molecule has 0 aromatic heterocycles. The second-order valence-electron chi connectivity index (χ2n) is 3.26. The number of benzene rings is 2. The first-order chi connectivity index (χ1) is 7.74. The second-order valence-corrected chi connectivity index (χ2v) is 4.05. The fourth-order valence-corrected chi connectivity index (χ4v) is 2.06. The van der Waals surface area contributed by atoms with Gasteiger partial charge in [-0.1, -0.05) is 59.6 Å². The third kappa shape index (κ3) is 1.90. The molecule has 0 unspecified atom stereocenters. The van der Waals surface area contributed by atoms with Crippen molar-refractivity contribution in [3.63, 3.8) is 0 Å². The van der Waals surface area contributed by atoms with E-state index in [1.807, 2.05) is 42.5 Å². The predicted octanol–water partition coefficient (Wildman–Crippen LogP) is 4.53. The van der Waals surface area contributed by atoms with Gasteiger partial charge in [0.25, 0.3) is 0 Å². The minimum Gasteiger partial charge on any atom is -0.192 e. The molecule has 0 heterocycles. The van der Waals surface area contributed by atoms with E-state index in [0.29, 0.717) is 15.6 Å². The standard InChI is InChI=1S/C13H7Cl2N/c14-12-7-6-10(13(15)11(12)8-16)9-4-2-1-3-5-9/h1-7H. The summed E-state index contributed by atoms with van der Waals surface area (Å²) in [6, 6.07) is 15.2. The van der Waals surface area contributed by atoms with Crippen LogP contribution in [0.4, 0.5) is 0 Å². The van der Waals surface area contributed by atoms with Gasteiger partial charge in [0.2, 0.25) is 0 Å². The molecule has 0 saturated heterocycles. The summed E-state index contributed by atoms with van der Waals surface area (Å²) in [6.07, 6.45) is 0. The Morgan fingerprint density at radius 2 is 1.62 bits per heavy atom. The van der Waals surface area contributed by atoms with Gasteiger partial charge in [-0.2, -0.15) is 5.26 Å². The molecule has 16 heavy (non-hydrogen) atoms. The first-order valence-electron chi connectivity index (χ1n) is 4.67. The monoisotopic (exact) mass is 247 g/mol. The van der Waals surface area contributed by atoms with E-state index in [2.05, 4.69) is 0 Å². The number of nitrogens with zero attached hydrogens (tertiary/aromatic N) is 1. The molecule has 0 fully saturated rings. The van der Waals surface area contributed by atoms with Gasteiger partial charge in [0.15, 0.2) is 0 Å². The van der Waals surface area contributed by atoms with Gasteiger partial charge in [-0.05, 0) is 11.6 Å². The third-order valence-corrected chi connectivity index (χ3v) is 3.00. The molecular weight excluding hydrogens is 241 g/mol. The van der Waals surface area contributed by atoms with Gasteiger partial charge in [0.1, 0.15) is 6.07 Å². The molecule has 2 aromatic rings. The molecule has 0 N–H and O–H groups in total. The van der Waals surface area contributed by atoms with Gasteiger partial charge < -0.3 is 0 Å². The first kappa shape index (κ1) is 11.0. The highest BCUT2D eigenvalue weighted by Crippen LogP contribution is 2.34. The lowest BCUT2D eigenvalue weighted by Gasteiger charge is -2.06. The van der Waals surface area contributed by atoms with Crippen molar-refractivity contribution < 1.29 is 0 Å². The van der Waals surface area contributed by atoms with Gasteiger partial charge in [-0.25, -0.2) is 0 Å². The van der Waals surface area contributed by atoms with Crippen molar-refractivity contribution in [2.45, 2.75) is 0 Å². The molecule has 3 heteroatoms. The summed E-state index contributed by atoms with van der Waals surface area (Å²) in [7, 11) is 0. The maximum Gasteiger partial charge on any atom is 0.102 e. The Morgan fingerprint density at radius 1 is 0.938 bits per heavy atom. The molecule has 0 radical (unpaired) electrons. The normalized spacial score (nSPS) is 9.81. The fourth-order valence-electron chi connectivity index (χ4n) is 1.50. The maximum atomic E-state index is 8.95. The number of hydrogen-bond acceptors (Lipinski definition) is 1. The van der Waals surface area contributed by atoms with Crippen molar-refractivity contribution in [3.05, 3.63) is 58.1 Å². The van der Waals surface area contributed by atoms with Crippen LogP contribution in [0.1, 0.15) is 5.56 Å². The Kier molecular flexibility index (Phi) is 3.14.